The fourth-order valence-corrected chi connectivity index (χ4v) is 1.56. The van der Waals surface area contributed by atoms with Crippen LogP contribution in [0.2, 0.25) is 0 Å². The Morgan fingerprint density at radius 3 is 2.30 bits per heavy atom. The first kappa shape index (κ1) is 15.9. The summed E-state index contributed by atoms with van der Waals surface area (Å²) in [5.74, 6) is -0.946. The number of ether oxygens (including phenoxy) is 2. The molecule has 20 heavy (non-hydrogen) atoms. The summed E-state index contributed by atoms with van der Waals surface area (Å²) in [6, 6.07) is 9.84. The van der Waals surface area contributed by atoms with E-state index in [4.69, 9.17) is 4.74 Å². The number of carbonyl (C=O) groups excluding carboxylic acids is 3. The zero-order valence-corrected chi connectivity index (χ0v) is 11.2. The third-order valence-corrected chi connectivity index (χ3v) is 2.60. The Morgan fingerprint density at radius 1 is 1.00 bits per heavy atom. The van der Waals surface area contributed by atoms with Crippen molar-refractivity contribution in [2.45, 2.75) is 32.1 Å². The Hall–Kier alpha value is -2.17. The SMILES string of the molecule is O=CCCC(=O)OCOC(=O)CCCc1ccccc1. The zero-order valence-electron chi connectivity index (χ0n) is 11.2. The average molecular weight is 278 g/mol. The van der Waals surface area contributed by atoms with Crippen molar-refractivity contribution in [3.8, 4) is 0 Å². The molecule has 0 N–H and O–H groups in total. The number of aldehydes is 1. The molecule has 0 aliphatic rings. The summed E-state index contributed by atoms with van der Waals surface area (Å²) in [5, 5.41) is 0. The van der Waals surface area contributed by atoms with Gasteiger partial charge in [-0.1, -0.05) is 30.3 Å². The maximum Gasteiger partial charge on any atom is 0.309 e. The normalized spacial score (nSPS) is 9.80. The van der Waals surface area contributed by atoms with Crippen molar-refractivity contribution in [2.24, 2.45) is 0 Å². The molecule has 0 aromatic heterocycles. The molecule has 0 bridgehead atoms. The first-order valence-corrected chi connectivity index (χ1v) is 6.51. The molecule has 0 unspecified atom stereocenters. The molecular weight excluding hydrogens is 260 g/mol. The van der Waals surface area contributed by atoms with E-state index < -0.39 is 11.9 Å². The maximum atomic E-state index is 11.4. The number of benzene rings is 1. The highest BCUT2D eigenvalue weighted by atomic mass is 16.7. The highest BCUT2D eigenvalue weighted by Crippen LogP contribution is 2.05. The van der Waals surface area contributed by atoms with Crippen LogP contribution in [0.3, 0.4) is 0 Å². The van der Waals surface area contributed by atoms with Gasteiger partial charge in [-0.3, -0.25) is 9.59 Å². The molecule has 0 aliphatic heterocycles. The second-order valence-electron chi connectivity index (χ2n) is 4.20. The number of hydrogen-bond acceptors (Lipinski definition) is 5. The van der Waals surface area contributed by atoms with Crippen LogP contribution < -0.4 is 0 Å². The minimum Gasteiger partial charge on any atom is -0.428 e. The van der Waals surface area contributed by atoms with Crippen molar-refractivity contribution in [1.29, 1.82) is 0 Å². The fraction of sp³-hybridized carbons (Fsp3) is 0.400. The van der Waals surface area contributed by atoms with E-state index in [-0.39, 0.29) is 26.1 Å². The van der Waals surface area contributed by atoms with E-state index in [0.29, 0.717) is 12.7 Å². The van der Waals surface area contributed by atoms with Crippen LogP contribution in [0.4, 0.5) is 0 Å². The van der Waals surface area contributed by atoms with E-state index in [0.717, 1.165) is 6.42 Å². The van der Waals surface area contributed by atoms with Crippen molar-refractivity contribution < 1.29 is 23.9 Å². The Bertz CT molecular complexity index is 427. The smallest absolute Gasteiger partial charge is 0.309 e. The molecule has 0 amide bonds. The largest absolute Gasteiger partial charge is 0.428 e. The predicted molar refractivity (Wildman–Crippen MR) is 71.7 cm³/mol. The van der Waals surface area contributed by atoms with Gasteiger partial charge in [-0.25, -0.2) is 0 Å². The minimum absolute atomic E-state index is 0.00899. The molecule has 0 heterocycles. The van der Waals surface area contributed by atoms with Gasteiger partial charge in [0, 0.05) is 12.8 Å². The molecule has 0 saturated heterocycles. The highest BCUT2D eigenvalue weighted by molar-refractivity contribution is 5.73. The molecule has 0 fully saturated rings. The molecule has 0 radical (unpaired) electrons. The second kappa shape index (κ2) is 9.72. The van der Waals surface area contributed by atoms with Crippen LogP contribution in [0, 0.1) is 0 Å². The molecule has 0 aliphatic carbocycles. The highest BCUT2D eigenvalue weighted by Gasteiger charge is 2.06. The quantitative estimate of drug-likeness (QED) is 0.393. The molecule has 5 heteroatoms. The Labute approximate surface area is 117 Å². The molecular formula is C15H18O5. The van der Waals surface area contributed by atoms with Crippen molar-refractivity contribution in [1.82, 2.24) is 0 Å². The van der Waals surface area contributed by atoms with Gasteiger partial charge in [0.1, 0.15) is 6.29 Å². The second-order valence-corrected chi connectivity index (χ2v) is 4.20. The lowest BCUT2D eigenvalue weighted by atomic mass is 10.1. The van der Waals surface area contributed by atoms with E-state index in [1.54, 1.807) is 0 Å². The average Bonchev–Trinajstić information content (AvgIpc) is 2.46. The molecule has 1 aromatic rings. The van der Waals surface area contributed by atoms with Crippen LogP contribution in [-0.2, 0) is 30.3 Å². The summed E-state index contributed by atoms with van der Waals surface area (Å²) in [5.41, 5.74) is 1.17. The van der Waals surface area contributed by atoms with Gasteiger partial charge in [-0.15, -0.1) is 0 Å². The van der Waals surface area contributed by atoms with Crippen LogP contribution in [0.5, 0.6) is 0 Å². The number of hydrogen-bond donors (Lipinski definition) is 0. The first-order chi connectivity index (χ1) is 9.72. The van der Waals surface area contributed by atoms with E-state index in [1.807, 2.05) is 30.3 Å². The molecule has 0 saturated carbocycles. The Kier molecular flexibility index (Phi) is 7.72. The summed E-state index contributed by atoms with van der Waals surface area (Å²) < 4.78 is 9.40. The maximum absolute atomic E-state index is 11.4. The predicted octanol–water partition coefficient (Wildman–Crippen LogP) is 2.03. The lowest BCUT2D eigenvalue weighted by molar-refractivity contribution is -0.167. The van der Waals surface area contributed by atoms with Crippen LogP contribution in [0.15, 0.2) is 30.3 Å². The monoisotopic (exact) mass is 278 g/mol. The van der Waals surface area contributed by atoms with E-state index in [9.17, 15) is 14.4 Å². The number of rotatable bonds is 9. The molecule has 0 atom stereocenters. The molecule has 1 rings (SSSR count). The third kappa shape index (κ3) is 7.31. The van der Waals surface area contributed by atoms with E-state index in [1.165, 1.54) is 5.56 Å². The Balaban J connectivity index is 2.06. The molecule has 108 valence electrons. The summed E-state index contributed by atoms with van der Waals surface area (Å²) >= 11 is 0. The van der Waals surface area contributed by atoms with Gasteiger partial charge in [0.15, 0.2) is 0 Å². The van der Waals surface area contributed by atoms with Gasteiger partial charge >= 0.3 is 11.9 Å². The minimum atomic E-state index is -0.547. The number of carbonyl (C=O) groups is 3. The first-order valence-electron chi connectivity index (χ1n) is 6.51. The van der Waals surface area contributed by atoms with Gasteiger partial charge in [0.05, 0.1) is 6.42 Å². The van der Waals surface area contributed by atoms with Crippen molar-refractivity contribution >= 4 is 18.2 Å². The van der Waals surface area contributed by atoms with Gasteiger partial charge in [-0.05, 0) is 18.4 Å². The van der Waals surface area contributed by atoms with Gasteiger partial charge in [0.25, 0.3) is 0 Å². The number of aryl methyl sites for hydroxylation is 1. The van der Waals surface area contributed by atoms with Gasteiger partial charge in [-0.2, -0.15) is 0 Å². The lowest BCUT2D eigenvalue weighted by Crippen LogP contribution is -2.12. The van der Waals surface area contributed by atoms with Crippen molar-refractivity contribution in [3.05, 3.63) is 35.9 Å². The van der Waals surface area contributed by atoms with Crippen LogP contribution in [-0.4, -0.2) is 25.0 Å². The topological polar surface area (TPSA) is 69.7 Å². The lowest BCUT2D eigenvalue weighted by Gasteiger charge is -2.05. The summed E-state index contributed by atoms with van der Waals surface area (Å²) in [4.78, 5) is 32.4. The standard InChI is InChI=1S/C15H18O5/c16-11-5-10-15(18)20-12-19-14(17)9-4-8-13-6-2-1-3-7-13/h1-3,6-7,11H,4-5,8-10,12H2. The van der Waals surface area contributed by atoms with Crippen LogP contribution in [0.1, 0.15) is 31.2 Å². The van der Waals surface area contributed by atoms with Crippen LogP contribution >= 0.6 is 0 Å². The molecule has 5 nitrogen and oxygen atoms in total. The van der Waals surface area contributed by atoms with Crippen molar-refractivity contribution in [3.63, 3.8) is 0 Å². The summed E-state index contributed by atoms with van der Waals surface area (Å²) in [6.07, 6.45) is 2.52. The number of esters is 2. The van der Waals surface area contributed by atoms with Crippen molar-refractivity contribution in [2.75, 3.05) is 6.79 Å². The zero-order chi connectivity index (χ0) is 14.6. The molecule has 0 spiro atoms. The fourth-order valence-electron chi connectivity index (χ4n) is 1.56. The van der Waals surface area contributed by atoms with Gasteiger partial charge in [0.2, 0.25) is 6.79 Å². The summed E-state index contributed by atoms with van der Waals surface area (Å²) in [6.45, 7) is -0.387. The van der Waals surface area contributed by atoms with Crippen LogP contribution in [0.25, 0.3) is 0 Å². The van der Waals surface area contributed by atoms with Gasteiger partial charge < -0.3 is 14.3 Å². The summed E-state index contributed by atoms with van der Waals surface area (Å²) in [7, 11) is 0. The Morgan fingerprint density at radius 2 is 1.65 bits per heavy atom. The van der Waals surface area contributed by atoms with E-state index in [2.05, 4.69) is 4.74 Å². The molecule has 1 aromatic carbocycles. The van der Waals surface area contributed by atoms with E-state index >= 15 is 0 Å². The third-order valence-electron chi connectivity index (χ3n) is 2.60.